The van der Waals surface area contributed by atoms with Gasteiger partial charge in [-0.15, -0.1) is 8.73 Å². The molecule has 0 unspecified atom stereocenters. The van der Waals surface area contributed by atoms with Crippen molar-refractivity contribution < 1.29 is 17.9 Å². The van der Waals surface area contributed by atoms with Crippen molar-refractivity contribution >= 4 is 28.9 Å². The summed E-state index contributed by atoms with van der Waals surface area (Å²) >= 11 is -0.258. The summed E-state index contributed by atoms with van der Waals surface area (Å²) in [5, 5.41) is 0. The van der Waals surface area contributed by atoms with Crippen LogP contribution in [0.5, 0.6) is 0 Å². The molecule has 0 atom stereocenters. The summed E-state index contributed by atoms with van der Waals surface area (Å²) in [5.41, 5.74) is -1.65. The summed E-state index contributed by atoms with van der Waals surface area (Å²) in [6.45, 7) is 10.1. The van der Waals surface area contributed by atoms with E-state index in [1.165, 1.54) is 0 Å². The summed E-state index contributed by atoms with van der Waals surface area (Å²) < 4.78 is 32.4. The molecule has 112 valence electrons. The first-order valence-electron chi connectivity index (χ1n) is 6.09. The number of rotatable bonds is 6. The second-order valence-electron chi connectivity index (χ2n) is 4.35. The van der Waals surface area contributed by atoms with Crippen molar-refractivity contribution in [2.24, 2.45) is 14.6 Å². The highest BCUT2D eigenvalue weighted by Gasteiger charge is 2.39. The van der Waals surface area contributed by atoms with Crippen LogP contribution < -0.4 is 0 Å². The molecule has 0 rings (SSSR count). The van der Waals surface area contributed by atoms with Gasteiger partial charge in [0, 0.05) is 6.42 Å². The molecule has 0 N–H and O–H groups in total. The highest BCUT2D eigenvalue weighted by atomic mass is 32.1. The van der Waals surface area contributed by atoms with E-state index in [0.29, 0.717) is 6.42 Å². The Morgan fingerprint density at radius 1 is 1.16 bits per heavy atom. The van der Waals surface area contributed by atoms with Crippen LogP contribution in [0.1, 0.15) is 47.5 Å². The Hall–Kier alpha value is -0.890. The van der Waals surface area contributed by atoms with Gasteiger partial charge in [-0.3, -0.25) is 0 Å². The third kappa shape index (κ3) is 9.66. The van der Waals surface area contributed by atoms with E-state index in [2.05, 4.69) is 29.5 Å². The minimum absolute atomic E-state index is 0.129. The van der Waals surface area contributed by atoms with Gasteiger partial charge in [0.05, 0.1) is 6.61 Å². The smallest absolute Gasteiger partial charge is 0.359 e. The fraction of sp³-hybridized carbons (Fsp3) is 0.909. The Kier molecular flexibility index (Phi) is 13.1. The van der Waals surface area contributed by atoms with Crippen molar-refractivity contribution in [3.8, 4) is 0 Å². The van der Waals surface area contributed by atoms with E-state index in [0.717, 1.165) is 5.92 Å². The van der Waals surface area contributed by atoms with Crippen LogP contribution in [-0.2, 0) is 32.5 Å². The molecule has 0 radical (unpaired) electrons. The van der Waals surface area contributed by atoms with E-state index in [4.69, 9.17) is 4.74 Å². The van der Waals surface area contributed by atoms with Gasteiger partial charge in [-0.2, -0.15) is 8.42 Å². The average Bonchev–Trinajstić information content (AvgIpc) is 2.29. The van der Waals surface area contributed by atoms with Gasteiger partial charge in [0.15, 0.2) is 0 Å². The predicted octanol–water partition coefficient (Wildman–Crippen LogP) is 2.50. The van der Waals surface area contributed by atoms with Crippen LogP contribution in [0.2, 0.25) is 0 Å². The molecule has 0 spiro atoms. The topological polar surface area (TPSA) is 85.2 Å². The fourth-order valence-electron chi connectivity index (χ4n) is 1.00. The van der Waals surface area contributed by atoms with Gasteiger partial charge in [0.1, 0.15) is 0 Å². The lowest BCUT2D eigenvalue weighted by Crippen LogP contribution is -2.35. The molecular weight excluding hydrogens is 288 g/mol. The van der Waals surface area contributed by atoms with Gasteiger partial charge in [0.25, 0.3) is 5.66 Å². The van der Waals surface area contributed by atoms with Crippen molar-refractivity contribution in [3.05, 3.63) is 0 Å². The third-order valence-corrected chi connectivity index (χ3v) is 2.33. The maximum Gasteiger partial charge on any atom is 0.359 e. The molecule has 0 fully saturated rings. The lowest BCUT2D eigenvalue weighted by molar-refractivity contribution is -0.149. The largest absolute Gasteiger partial charge is 0.463 e. The molecular formula is C11H22N2O4S2. The number of hydrogen-bond donors (Lipinski definition) is 0. The fourth-order valence-corrected chi connectivity index (χ4v) is 1.71. The van der Waals surface area contributed by atoms with Crippen LogP contribution in [-0.4, -0.2) is 26.7 Å². The van der Waals surface area contributed by atoms with E-state index >= 15 is 0 Å². The van der Waals surface area contributed by atoms with Gasteiger partial charge >= 0.3 is 5.97 Å². The third-order valence-electron chi connectivity index (χ3n) is 1.58. The van der Waals surface area contributed by atoms with E-state index in [1.807, 2.05) is 0 Å². The van der Waals surface area contributed by atoms with Gasteiger partial charge in [0.2, 0.25) is 22.9 Å². The Balaban J connectivity index is 0. The summed E-state index contributed by atoms with van der Waals surface area (Å²) in [5.74, 6) is 0.0820. The molecule has 0 aromatic rings. The first kappa shape index (κ1) is 20.4. The van der Waals surface area contributed by atoms with Crippen LogP contribution in [0, 0.1) is 5.92 Å². The molecule has 0 saturated heterocycles. The van der Waals surface area contributed by atoms with Crippen LogP contribution >= 0.6 is 0 Å². The quantitative estimate of drug-likeness (QED) is 0.705. The minimum Gasteiger partial charge on any atom is -0.463 e. The summed E-state index contributed by atoms with van der Waals surface area (Å²) in [6, 6.07) is 0. The summed E-state index contributed by atoms with van der Waals surface area (Å²) in [7, 11) is 0. The van der Waals surface area contributed by atoms with Crippen molar-refractivity contribution in [3.63, 3.8) is 0 Å². The van der Waals surface area contributed by atoms with Crippen LogP contribution in [0.15, 0.2) is 8.73 Å². The number of esters is 1. The highest BCUT2D eigenvalue weighted by molar-refractivity contribution is 7.55. The Bertz CT molecular complexity index is 341. The number of carbonyl (C=O) groups excluding carboxylic acids is 1. The molecule has 0 aromatic heterocycles. The number of nitrogens with zero attached hydrogens (tertiary/aromatic N) is 2. The number of ether oxygens (including phenoxy) is 1. The molecule has 0 amide bonds. The first-order chi connectivity index (χ1) is 8.90. The summed E-state index contributed by atoms with van der Waals surface area (Å²) in [6.07, 6.45) is 0.753. The first-order valence-corrected chi connectivity index (χ1v) is 7.49. The molecule has 0 aliphatic heterocycles. The molecule has 0 bridgehead atoms. The second-order valence-corrected chi connectivity index (χ2v) is 5.01. The zero-order valence-electron chi connectivity index (χ0n) is 12.0. The zero-order chi connectivity index (χ0) is 15.3. The lowest BCUT2D eigenvalue weighted by atomic mass is 10.1. The van der Waals surface area contributed by atoms with E-state index < -0.39 is 11.6 Å². The summed E-state index contributed by atoms with van der Waals surface area (Å²) in [4.78, 5) is 11.5. The zero-order valence-corrected chi connectivity index (χ0v) is 13.7. The SMILES string of the molecule is CC(C)C.CCCC(N=S=O)(N=S=O)C(=O)OCC. The van der Waals surface area contributed by atoms with Gasteiger partial charge in [-0.25, -0.2) is 4.79 Å². The second kappa shape index (κ2) is 12.2. The monoisotopic (exact) mass is 310 g/mol. The molecule has 19 heavy (non-hydrogen) atoms. The molecule has 8 heteroatoms. The minimum atomic E-state index is -1.65. The average molecular weight is 310 g/mol. The normalized spacial score (nSPS) is 12.5. The van der Waals surface area contributed by atoms with Crippen molar-refractivity contribution in [2.75, 3.05) is 6.61 Å². The van der Waals surface area contributed by atoms with Gasteiger partial charge < -0.3 is 4.74 Å². The Morgan fingerprint density at radius 3 is 1.84 bits per heavy atom. The van der Waals surface area contributed by atoms with Crippen molar-refractivity contribution in [1.82, 2.24) is 0 Å². The molecule has 0 saturated carbocycles. The van der Waals surface area contributed by atoms with Gasteiger partial charge in [-0.1, -0.05) is 34.1 Å². The van der Waals surface area contributed by atoms with Crippen molar-refractivity contribution in [2.45, 2.75) is 53.1 Å². The van der Waals surface area contributed by atoms with Crippen LogP contribution in [0.3, 0.4) is 0 Å². The highest BCUT2D eigenvalue weighted by Crippen LogP contribution is 2.21. The molecule has 0 aromatic carbocycles. The maximum absolute atomic E-state index is 11.5. The lowest BCUT2D eigenvalue weighted by Gasteiger charge is -2.18. The Morgan fingerprint density at radius 2 is 1.58 bits per heavy atom. The number of hydrogen-bond acceptors (Lipinski definition) is 6. The molecule has 6 nitrogen and oxygen atoms in total. The van der Waals surface area contributed by atoms with Gasteiger partial charge in [-0.05, 0) is 12.8 Å². The predicted molar refractivity (Wildman–Crippen MR) is 75.9 cm³/mol. The van der Waals surface area contributed by atoms with Crippen molar-refractivity contribution in [1.29, 1.82) is 0 Å². The standard InChI is InChI=1S/C7H12N2O4S2.C4H10/c1-3-5-7(8-14-11,9-15-12)6(10)13-4-2;1-4(2)3/h3-5H2,1-2H3;4H,1-3H3. The molecule has 0 aliphatic carbocycles. The van der Waals surface area contributed by atoms with Crippen LogP contribution in [0.25, 0.3) is 0 Å². The Labute approximate surface area is 121 Å². The number of carbonyl (C=O) groups is 1. The van der Waals surface area contributed by atoms with E-state index in [9.17, 15) is 13.2 Å². The molecule has 0 heterocycles. The van der Waals surface area contributed by atoms with E-state index in [-0.39, 0.29) is 36.0 Å². The van der Waals surface area contributed by atoms with E-state index in [1.54, 1.807) is 13.8 Å². The molecule has 0 aliphatic rings. The maximum atomic E-state index is 11.5. The van der Waals surface area contributed by atoms with Crippen LogP contribution in [0.4, 0.5) is 0 Å².